The van der Waals surface area contributed by atoms with Crippen LogP contribution < -0.4 is 10.1 Å². The largest absolute Gasteiger partial charge is 0.494 e. The third kappa shape index (κ3) is 4.65. The molecule has 0 aliphatic carbocycles. The molecule has 5 rings (SSSR count). The zero-order valence-electron chi connectivity index (χ0n) is 18.9. The highest BCUT2D eigenvalue weighted by atomic mass is 19.1. The average Bonchev–Trinajstić information content (AvgIpc) is 3.54. The number of fused-ring (bicyclic) bond motifs is 1. The molecule has 0 spiro atoms. The van der Waals surface area contributed by atoms with Crippen LogP contribution in [0.25, 0.3) is 11.0 Å². The van der Waals surface area contributed by atoms with Crippen LogP contribution in [0, 0.1) is 17.1 Å². The number of hydrogen-bond donors (Lipinski definition) is 1. The van der Waals surface area contributed by atoms with Crippen LogP contribution in [-0.2, 0) is 19.6 Å². The predicted molar refractivity (Wildman–Crippen MR) is 127 cm³/mol. The molecule has 2 aromatic carbocycles. The van der Waals surface area contributed by atoms with Crippen molar-refractivity contribution in [3.63, 3.8) is 0 Å². The maximum absolute atomic E-state index is 14.7. The zero-order chi connectivity index (χ0) is 24.2. The standard InChI is InChI=1S/C25H21FN8O/c1-35-22-8-7-19(11-27)20(23(22)26)12-28-24-21-15-34(32-25(21)30-16-29-24)14-18-5-3-17(4-6-18)13-33-10-2-9-31-33/h2-10,15-16H,12-14H2,1H3,(H,28,29,30,32). The number of nitrogens with one attached hydrogen (secondary N) is 1. The molecule has 5 aromatic rings. The van der Waals surface area contributed by atoms with Crippen molar-refractivity contribution in [1.29, 1.82) is 5.26 Å². The second kappa shape index (κ2) is 9.61. The Bertz CT molecular complexity index is 1500. The van der Waals surface area contributed by atoms with Gasteiger partial charge in [-0.25, -0.2) is 14.4 Å². The minimum Gasteiger partial charge on any atom is -0.494 e. The normalized spacial score (nSPS) is 10.9. The lowest BCUT2D eigenvalue weighted by atomic mass is 10.1. The van der Waals surface area contributed by atoms with Crippen molar-refractivity contribution in [1.82, 2.24) is 29.5 Å². The highest BCUT2D eigenvalue weighted by Crippen LogP contribution is 2.25. The molecule has 0 saturated carbocycles. The first-order valence-electron chi connectivity index (χ1n) is 10.9. The molecule has 3 heterocycles. The number of aromatic nitrogens is 6. The Morgan fingerprint density at radius 3 is 2.51 bits per heavy atom. The van der Waals surface area contributed by atoms with Gasteiger partial charge in [-0.05, 0) is 29.3 Å². The van der Waals surface area contributed by atoms with E-state index in [9.17, 15) is 9.65 Å². The van der Waals surface area contributed by atoms with Gasteiger partial charge in [0.05, 0.1) is 37.2 Å². The molecule has 35 heavy (non-hydrogen) atoms. The number of nitriles is 1. The number of hydrogen-bond acceptors (Lipinski definition) is 7. The molecule has 10 heteroatoms. The molecule has 0 atom stereocenters. The summed E-state index contributed by atoms with van der Waals surface area (Å²) < 4.78 is 23.5. The van der Waals surface area contributed by atoms with Gasteiger partial charge in [0.15, 0.2) is 17.2 Å². The quantitative estimate of drug-likeness (QED) is 0.370. The number of halogens is 1. The zero-order valence-corrected chi connectivity index (χ0v) is 18.9. The molecule has 174 valence electrons. The second-order valence-corrected chi connectivity index (χ2v) is 7.88. The van der Waals surface area contributed by atoms with Gasteiger partial charge in [-0.1, -0.05) is 24.3 Å². The lowest BCUT2D eigenvalue weighted by Gasteiger charge is -2.11. The fraction of sp³-hybridized carbons (Fsp3) is 0.160. The van der Waals surface area contributed by atoms with Gasteiger partial charge in [-0.3, -0.25) is 9.36 Å². The van der Waals surface area contributed by atoms with E-state index in [0.29, 0.717) is 29.9 Å². The van der Waals surface area contributed by atoms with E-state index in [2.05, 4.69) is 49.7 Å². The summed E-state index contributed by atoms with van der Waals surface area (Å²) in [4.78, 5) is 8.55. The fourth-order valence-electron chi connectivity index (χ4n) is 3.83. The van der Waals surface area contributed by atoms with Crippen molar-refractivity contribution in [2.24, 2.45) is 0 Å². The topological polar surface area (TPSA) is 106 Å². The summed E-state index contributed by atoms with van der Waals surface area (Å²) in [5, 5.41) is 22.0. The number of rotatable bonds is 8. The van der Waals surface area contributed by atoms with E-state index in [-0.39, 0.29) is 23.4 Å². The van der Waals surface area contributed by atoms with E-state index in [1.54, 1.807) is 10.9 Å². The summed E-state index contributed by atoms with van der Waals surface area (Å²) in [5.41, 5.74) is 3.20. The number of anilines is 1. The van der Waals surface area contributed by atoms with Crippen LogP contribution in [0.15, 0.2) is 67.4 Å². The smallest absolute Gasteiger partial charge is 0.186 e. The highest BCUT2D eigenvalue weighted by Gasteiger charge is 2.15. The lowest BCUT2D eigenvalue weighted by molar-refractivity contribution is 0.384. The van der Waals surface area contributed by atoms with Crippen LogP contribution in [0.2, 0.25) is 0 Å². The van der Waals surface area contributed by atoms with Crippen LogP contribution in [0.3, 0.4) is 0 Å². The van der Waals surface area contributed by atoms with Crippen molar-refractivity contribution >= 4 is 16.9 Å². The molecule has 0 aliphatic heterocycles. The molecule has 0 unspecified atom stereocenters. The van der Waals surface area contributed by atoms with Crippen LogP contribution in [0.5, 0.6) is 5.75 Å². The molecule has 3 aromatic heterocycles. The summed E-state index contributed by atoms with van der Waals surface area (Å²) in [5.74, 6) is 0.00933. The summed E-state index contributed by atoms with van der Waals surface area (Å²) in [6, 6.07) is 15.2. The molecule has 0 bridgehead atoms. The van der Waals surface area contributed by atoms with Crippen molar-refractivity contribution in [2.75, 3.05) is 12.4 Å². The Morgan fingerprint density at radius 1 is 1.06 bits per heavy atom. The van der Waals surface area contributed by atoms with E-state index in [0.717, 1.165) is 11.1 Å². The minimum atomic E-state index is -0.573. The van der Waals surface area contributed by atoms with Gasteiger partial charge in [-0.2, -0.15) is 15.5 Å². The summed E-state index contributed by atoms with van der Waals surface area (Å²) in [6.07, 6.45) is 6.94. The average molecular weight is 468 g/mol. The number of ether oxygens (including phenoxy) is 1. The summed E-state index contributed by atoms with van der Waals surface area (Å²) in [7, 11) is 1.39. The van der Waals surface area contributed by atoms with Crippen LogP contribution in [0.1, 0.15) is 22.3 Å². The molecule has 0 amide bonds. The third-order valence-corrected chi connectivity index (χ3v) is 5.62. The minimum absolute atomic E-state index is 0.0565. The maximum Gasteiger partial charge on any atom is 0.186 e. The van der Waals surface area contributed by atoms with Gasteiger partial charge in [0.2, 0.25) is 0 Å². The SMILES string of the molecule is COc1ccc(C#N)c(CNc2ncnc3nn(Cc4ccc(Cn5cccn5)cc4)cc23)c1F. The van der Waals surface area contributed by atoms with Crippen molar-refractivity contribution in [3.05, 3.63) is 95.5 Å². The molecule has 1 N–H and O–H groups in total. The van der Waals surface area contributed by atoms with Crippen LogP contribution in [0.4, 0.5) is 10.2 Å². The van der Waals surface area contributed by atoms with Gasteiger partial charge >= 0.3 is 0 Å². The number of methoxy groups -OCH3 is 1. The van der Waals surface area contributed by atoms with Crippen molar-refractivity contribution < 1.29 is 9.13 Å². The molecule has 9 nitrogen and oxygen atoms in total. The molecular weight excluding hydrogens is 447 g/mol. The van der Waals surface area contributed by atoms with Gasteiger partial charge in [0.1, 0.15) is 12.1 Å². The first kappa shape index (κ1) is 22.0. The maximum atomic E-state index is 14.7. The lowest BCUT2D eigenvalue weighted by Crippen LogP contribution is -2.07. The Hall–Kier alpha value is -4.78. The monoisotopic (exact) mass is 468 g/mol. The number of nitrogens with zero attached hydrogens (tertiary/aromatic N) is 7. The van der Waals surface area contributed by atoms with Gasteiger partial charge < -0.3 is 10.1 Å². The second-order valence-electron chi connectivity index (χ2n) is 7.88. The molecule has 0 radical (unpaired) electrons. The Morgan fingerprint density at radius 2 is 1.83 bits per heavy atom. The Balaban J connectivity index is 1.33. The van der Waals surface area contributed by atoms with Gasteiger partial charge in [0, 0.05) is 30.7 Å². The number of benzene rings is 2. The van der Waals surface area contributed by atoms with E-state index in [1.165, 1.54) is 25.6 Å². The van der Waals surface area contributed by atoms with E-state index < -0.39 is 5.82 Å². The third-order valence-electron chi connectivity index (χ3n) is 5.62. The van der Waals surface area contributed by atoms with Gasteiger partial charge in [0.25, 0.3) is 0 Å². The van der Waals surface area contributed by atoms with E-state index in [4.69, 9.17) is 4.74 Å². The summed E-state index contributed by atoms with van der Waals surface area (Å²) >= 11 is 0. The van der Waals surface area contributed by atoms with E-state index >= 15 is 0 Å². The molecule has 0 fully saturated rings. The first-order chi connectivity index (χ1) is 17.1. The van der Waals surface area contributed by atoms with Crippen molar-refractivity contribution in [3.8, 4) is 11.8 Å². The highest BCUT2D eigenvalue weighted by molar-refractivity contribution is 5.85. The van der Waals surface area contributed by atoms with Crippen LogP contribution >= 0.6 is 0 Å². The first-order valence-corrected chi connectivity index (χ1v) is 10.9. The van der Waals surface area contributed by atoms with Crippen molar-refractivity contribution in [2.45, 2.75) is 19.6 Å². The van der Waals surface area contributed by atoms with E-state index in [1.807, 2.05) is 29.2 Å². The predicted octanol–water partition coefficient (Wildman–Crippen LogP) is 3.75. The molecular formula is C25H21FN8O. The van der Waals surface area contributed by atoms with Gasteiger partial charge in [-0.15, -0.1) is 0 Å². The summed E-state index contributed by atoms with van der Waals surface area (Å²) in [6.45, 7) is 1.33. The molecule has 0 saturated heterocycles. The Labute approximate surface area is 200 Å². The Kier molecular flexibility index (Phi) is 6.05. The molecule has 0 aliphatic rings. The fourth-order valence-corrected chi connectivity index (χ4v) is 3.83. The van der Waals surface area contributed by atoms with Crippen LogP contribution in [-0.4, -0.2) is 36.6 Å².